The van der Waals surface area contributed by atoms with Crippen LogP contribution >= 0.6 is 0 Å². The summed E-state index contributed by atoms with van der Waals surface area (Å²) in [6.45, 7) is 134. The molecular weight excluding hydrogens is 1120 g/mol. The molecule has 0 aromatic heterocycles. The summed E-state index contributed by atoms with van der Waals surface area (Å²) in [7, 11) is 0. The maximum absolute atomic E-state index is 2.66. The van der Waals surface area contributed by atoms with E-state index in [4.69, 9.17) is 0 Å². The highest BCUT2D eigenvalue weighted by Crippen LogP contribution is 2.71. The molecule has 20 atom stereocenters. The fourth-order valence-corrected chi connectivity index (χ4v) is 19.4. The number of hydrogen-bond donors (Lipinski definition) is 0. The van der Waals surface area contributed by atoms with E-state index in [1.807, 2.05) is 0 Å². The van der Waals surface area contributed by atoms with Crippen molar-refractivity contribution < 1.29 is 0 Å². The van der Waals surface area contributed by atoms with Gasteiger partial charge in [-0.3, -0.25) is 0 Å². The molecule has 0 nitrogen and oxygen atoms in total. The van der Waals surface area contributed by atoms with Crippen LogP contribution in [-0.2, 0) is 0 Å². The second kappa shape index (κ2) is 35.3. The second-order valence-corrected chi connectivity index (χ2v) is 44.0. The average molecular weight is 1310 g/mol. The predicted octanol–water partition coefficient (Wildman–Crippen LogP) is 31.8. The van der Waals surface area contributed by atoms with Gasteiger partial charge in [0.2, 0.25) is 0 Å². The molecule has 0 spiro atoms. The van der Waals surface area contributed by atoms with E-state index in [1.54, 1.807) is 0 Å². The third-order valence-electron chi connectivity index (χ3n) is 36.2. The van der Waals surface area contributed by atoms with Crippen LogP contribution in [0.15, 0.2) is 0 Å². The zero-order chi connectivity index (χ0) is 76.0. The van der Waals surface area contributed by atoms with Crippen LogP contribution in [0.3, 0.4) is 0 Å². The zero-order valence-electron chi connectivity index (χ0n) is 76.0. The third-order valence-corrected chi connectivity index (χ3v) is 36.2. The Morgan fingerprint density at radius 1 is 0.290 bits per heavy atom. The molecule has 1 saturated carbocycles. The van der Waals surface area contributed by atoms with Crippen molar-refractivity contribution in [3.05, 3.63) is 0 Å². The second-order valence-electron chi connectivity index (χ2n) is 44.0. The van der Waals surface area contributed by atoms with Crippen molar-refractivity contribution in [1.29, 1.82) is 0 Å². The van der Waals surface area contributed by atoms with Gasteiger partial charge in [0.05, 0.1) is 0 Å². The van der Waals surface area contributed by atoms with Crippen LogP contribution in [0.5, 0.6) is 0 Å². The van der Waals surface area contributed by atoms with Crippen molar-refractivity contribution in [3.63, 3.8) is 0 Å². The summed E-state index contributed by atoms with van der Waals surface area (Å²) >= 11 is 0. The third kappa shape index (κ3) is 21.1. The molecule has 0 saturated heterocycles. The van der Waals surface area contributed by atoms with Gasteiger partial charge in [0.15, 0.2) is 0 Å². The average Bonchev–Trinajstić information content (AvgIpc) is 0.706. The minimum atomic E-state index is 0.226. The summed E-state index contributed by atoms with van der Waals surface area (Å²) in [5.74, 6) is 18.6. The quantitative estimate of drug-likeness (QED) is 0.0700. The summed E-state index contributed by atoms with van der Waals surface area (Å²) in [6, 6.07) is 0. The first-order chi connectivity index (χ1) is 40.8. The van der Waals surface area contributed by atoms with Gasteiger partial charge >= 0.3 is 0 Å². The van der Waals surface area contributed by atoms with Gasteiger partial charge in [0.25, 0.3) is 0 Å². The first-order valence-electron chi connectivity index (χ1n) is 40.8. The van der Waals surface area contributed by atoms with Crippen molar-refractivity contribution in [2.45, 2.75) is 393 Å². The van der Waals surface area contributed by atoms with Gasteiger partial charge < -0.3 is 0 Å². The van der Waals surface area contributed by atoms with Crippen LogP contribution in [0.4, 0.5) is 0 Å². The highest BCUT2D eigenvalue weighted by Gasteiger charge is 2.65. The molecule has 0 amide bonds. The van der Waals surface area contributed by atoms with Gasteiger partial charge in [0.1, 0.15) is 0 Å². The molecule has 0 bridgehead atoms. The van der Waals surface area contributed by atoms with Crippen LogP contribution in [-0.4, -0.2) is 0 Å². The van der Waals surface area contributed by atoms with Crippen LogP contribution in [0, 0.1) is 207 Å². The summed E-state index contributed by atoms with van der Waals surface area (Å²) in [6.07, 6.45) is 3.76. The van der Waals surface area contributed by atoms with Gasteiger partial charge in [-0.15, -0.1) is 0 Å². The van der Waals surface area contributed by atoms with Crippen molar-refractivity contribution in [3.8, 4) is 0 Å². The maximum atomic E-state index is 2.66. The Kier molecular flexibility index (Phi) is 36.8. The van der Waals surface area contributed by atoms with Crippen LogP contribution in [0.25, 0.3) is 0 Å². The molecule has 20 unspecified atom stereocenters. The van der Waals surface area contributed by atoms with Crippen molar-refractivity contribution >= 4 is 0 Å². The van der Waals surface area contributed by atoms with E-state index in [0.717, 1.165) is 136 Å². The van der Waals surface area contributed by atoms with E-state index in [2.05, 4.69) is 374 Å². The fraction of sp³-hybridized carbons (Fsp3) is 1.00. The van der Waals surface area contributed by atoms with Crippen molar-refractivity contribution in [2.24, 2.45) is 207 Å². The van der Waals surface area contributed by atoms with E-state index in [-0.39, 0.29) is 48.7 Å². The SMILES string of the molecule is CC(C)C(C)C(C)C.CCC(C)(C(C)(C)C1C(C)C(C(C)C(C)C(C)C(C)C(C)C(C)C(C)C)C1C(C)C)C(C)(C)C(C)(C)C.CCC(C)(C)C(C)(C)C(C)C(C)C(C)C(C)C(C)C(C)C(C)C(C)(C)C.CCC(C)C(C)C(C)(C)C(C)(C)C(C)(C)C(C)(C)C(C)(C)C. The van der Waals surface area contributed by atoms with E-state index in [9.17, 15) is 0 Å². The molecule has 0 radical (unpaired) electrons. The number of hydrogen-bond acceptors (Lipinski definition) is 0. The van der Waals surface area contributed by atoms with Crippen LogP contribution < -0.4 is 0 Å². The topological polar surface area (TPSA) is 0 Å². The molecule has 564 valence electrons. The molecule has 0 N–H and O–H groups in total. The molecule has 93 heavy (non-hydrogen) atoms. The highest BCUT2D eigenvalue weighted by atomic mass is 14.7. The van der Waals surface area contributed by atoms with Crippen molar-refractivity contribution in [2.75, 3.05) is 0 Å². The van der Waals surface area contributed by atoms with E-state index in [0.29, 0.717) is 22.2 Å². The van der Waals surface area contributed by atoms with Crippen molar-refractivity contribution in [1.82, 2.24) is 0 Å². The fourth-order valence-electron chi connectivity index (χ4n) is 19.4. The smallest absolute Gasteiger partial charge is 0.0218 e. The van der Waals surface area contributed by atoms with Gasteiger partial charge in [-0.05, 0) is 213 Å². The Morgan fingerprint density at radius 3 is 0.892 bits per heavy atom. The van der Waals surface area contributed by atoms with E-state index < -0.39 is 0 Å². The van der Waals surface area contributed by atoms with Crippen LogP contribution in [0.1, 0.15) is 393 Å². The van der Waals surface area contributed by atoms with Gasteiger partial charge in [-0.25, -0.2) is 0 Å². The van der Waals surface area contributed by atoms with Gasteiger partial charge in [-0.1, -0.05) is 387 Å². The number of rotatable bonds is 29. The molecule has 0 aromatic carbocycles. The molecule has 1 fully saturated rings. The minimum Gasteiger partial charge on any atom is -0.0651 e. The first kappa shape index (κ1) is 97.2. The van der Waals surface area contributed by atoms with E-state index in [1.165, 1.54) is 19.3 Å². The molecule has 0 aliphatic heterocycles. The highest BCUT2D eigenvalue weighted by molar-refractivity contribution is 5.13. The largest absolute Gasteiger partial charge is 0.0651 e. The Bertz CT molecular complexity index is 2040. The molecule has 0 aromatic rings. The Balaban J connectivity index is -0.00000127. The molecule has 1 aliphatic carbocycles. The molecule has 1 aliphatic rings. The lowest BCUT2D eigenvalue weighted by Crippen LogP contribution is -2.64. The summed E-state index contributed by atoms with van der Waals surface area (Å²) < 4.78 is 0. The monoisotopic (exact) mass is 1310 g/mol. The molecule has 1 rings (SSSR count). The Morgan fingerprint density at radius 2 is 0.613 bits per heavy atom. The van der Waals surface area contributed by atoms with Gasteiger partial charge in [0, 0.05) is 0 Å². The molecular formula is C93H192. The van der Waals surface area contributed by atoms with E-state index >= 15 is 0 Å². The lowest BCUT2D eigenvalue weighted by molar-refractivity contribution is -0.215. The normalized spacial score (nSPS) is 23.6. The Labute approximate surface area is 596 Å². The summed E-state index contributed by atoms with van der Waals surface area (Å²) in [4.78, 5) is 0. The maximum Gasteiger partial charge on any atom is -0.0218 e. The summed E-state index contributed by atoms with van der Waals surface area (Å²) in [5, 5.41) is 0. The molecule has 0 heteroatoms. The zero-order valence-corrected chi connectivity index (χ0v) is 76.0. The first-order valence-corrected chi connectivity index (χ1v) is 40.8. The minimum absolute atomic E-state index is 0.226. The summed E-state index contributed by atoms with van der Waals surface area (Å²) in [5.41, 5.74) is 3.47. The predicted molar refractivity (Wildman–Crippen MR) is 433 cm³/mol. The molecule has 0 heterocycles. The lowest BCUT2D eigenvalue weighted by atomic mass is 9.35. The standard InChI is InChI=1S/C37H74.C26H54.C22H46.C8H18/c1-21-37(20,36(18,19)34(13,14)15)35(16,17)33-30(12)32(31(33)23(4)5)29(11)28(10)27(9)26(8)25(7)24(6)22(2)3;1-16-25(12,13)26(14,15)23(8)21(6)19(4)17(2)18(3)20(5)22(7)24(9,10)11;1-15-16(2)17(3)19(7,8)21(11,12)22(13,14)20(9,10)18(4,5)6;1-6(2)8(5)7(3)4/h22-33H,21H2,1-20H3;17-23H,16H2,1-15H3;16-17H,15H2,1-14H3;6-8H,1-5H3. The van der Waals surface area contributed by atoms with Crippen LogP contribution in [0.2, 0.25) is 0 Å². The Hall–Kier alpha value is 0. The van der Waals surface area contributed by atoms with Gasteiger partial charge in [-0.2, -0.15) is 0 Å². The lowest BCUT2D eigenvalue weighted by Gasteiger charge is -2.69.